The zero-order valence-electron chi connectivity index (χ0n) is 18.2. The molecule has 1 aromatic heterocycles. The fraction of sp³-hybridized carbons (Fsp3) is 0.500. The van der Waals surface area contributed by atoms with Crippen LogP contribution in [-0.4, -0.2) is 88.7 Å². The third-order valence-electron chi connectivity index (χ3n) is 6.55. The molecule has 2 aromatic rings. The Balaban J connectivity index is 1.27. The molecule has 0 aliphatic carbocycles. The van der Waals surface area contributed by atoms with Crippen LogP contribution in [0.2, 0.25) is 0 Å². The summed E-state index contributed by atoms with van der Waals surface area (Å²) in [5.74, 6) is -0.301. The predicted octanol–water partition coefficient (Wildman–Crippen LogP) is 1.12. The molecule has 4 rings (SSSR count). The van der Waals surface area contributed by atoms with Gasteiger partial charge < -0.3 is 19.9 Å². The maximum absolute atomic E-state index is 12.8. The first-order valence-corrected chi connectivity index (χ1v) is 11.2. The van der Waals surface area contributed by atoms with Crippen molar-refractivity contribution in [3.63, 3.8) is 0 Å². The molecule has 2 fully saturated rings. The van der Waals surface area contributed by atoms with E-state index < -0.39 is 6.10 Å². The number of aryl methyl sites for hydroxylation is 1. The van der Waals surface area contributed by atoms with Crippen molar-refractivity contribution in [1.82, 2.24) is 19.7 Å². The average Bonchev–Trinajstić information content (AvgIpc) is 2.78. The van der Waals surface area contributed by atoms with E-state index in [1.54, 1.807) is 24.0 Å². The SMILES string of the molecule is Cc1ccc(C(=O)N2CC[C@@H](N3CCN(CCc4ccccc4)CC3)[C@H](O)C2)c(=O)[nH]1. The molecule has 2 aliphatic heterocycles. The van der Waals surface area contributed by atoms with Gasteiger partial charge in [0, 0.05) is 57.5 Å². The van der Waals surface area contributed by atoms with Crippen LogP contribution >= 0.6 is 0 Å². The number of likely N-dealkylation sites (tertiary alicyclic amines) is 1. The van der Waals surface area contributed by atoms with Crippen LogP contribution in [-0.2, 0) is 6.42 Å². The molecule has 166 valence electrons. The van der Waals surface area contributed by atoms with Crippen molar-refractivity contribution in [2.24, 2.45) is 0 Å². The van der Waals surface area contributed by atoms with E-state index in [1.807, 2.05) is 6.07 Å². The number of carbonyl (C=O) groups is 1. The van der Waals surface area contributed by atoms with Crippen LogP contribution in [0.1, 0.15) is 28.0 Å². The number of nitrogens with zero attached hydrogens (tertiary/aromatic N) is 3. The van der Waals surface area contributed by atoms with Crippen molar-refractivity contribution in [3.05, 3.63) is 69.6 Å². The van der Waals surface area contributed by atoms with E-state index >= 15 is 0 Å². The van der Waals surface area contributed by atoms with Crippen molar-refractivity contribution in [2.45, 2.75) is 31.9 Å². The Bertz CT molecular complexity index is 937. The number of aliphatic hydroxyl groups is 1. The van der Waals surface area contributed by atoms with Gasteiger partial charge >= 0.3 is 0 Å². The Morgan fingerprint density at radius 2 is 1.81 bits per heavy atom. The Morgan fingerprint density at radius 3 is 2.48 bits per heavy atom. The number of piperazine rings is 1. The summed E-state index contributed by atoms with van der Waals surface area (Å²) in [6.45, 7) is 7.52. The van der Waals surface area contributed by atoms with Crippen LogP contribution in [0.25, 0.3) is 0 Å². The number of H-pyrrole nitrogens is 1. The zero-order valence-corrected chi connectivity index (χ0v) is 18.2. The summed E-state index contributed by atoms with van der Waals surface area (Å²) in [4.78, 5) is 34.0. The normalized spacial score (nSPS) is 23.1. The van der Waals surface area contributed by atoms with Gasteiger partial charge in [-0.25, -0.2) is 0 Å². The standard InChI is InChI=1S/C24H32N4O3/c1-18-7-8-20(23(30)25-18)24(31)28-12-10-21(22(29)17-28)27-15-13-26(14-16-27)11-9-19-5-3-2-4-6-19/h2-8,21-22,29H,9-17H2,1H3,(H,25,30)/t21-,22-/m1/s1. The van der Waals surface area contributed by atoms with Gasteiger partial charge in [-0.15, -0.1) is 0 Å². The topological polar surface area (TPSA) is 79.9 Å². The largest absolute Gasteiger partial charge is 0.390 e. The molecule has 0 radical (unpaired) electrons. The molecule has 0 spiro atoms. The lowest BCUT2D eigenvalue weighted by Crippen LogP contribution is -2.59. The van der Waals surface area contributed by atoms with E-state index in [0.29, 0.717) is 6.54 Å². The molecule has 1 aromatic carbocycles. The molecule has 0 bridgehead atoms. The highest BCUT2D eigenvalue weighted by molar-refractivity contribution is 5.93. The van der Waals surface area contributed by atoms with E-state index in [-0.39, 0.29) is 29.6 Å². The highest BCUT2D eigenvalue weighted by Crippen LogP contribution is 2.20. The second kappa shape index (κ2) is 9.77. The maximum Gasteiger partial charge on any atom is 0.260 e. The molecule has 2 N–H and O–H groups in total. The second-order valence-corrected chi connectivity index (χ2v) is 8.67. The minimum atomic E-state index is -0.599. The van der Waals surface area contributed by atoms with E-state index in [0.717, 1.165) is 51.3 Å². The zero-order chi connectivity index (χ0) is 21.8. The summed E-state index contributed by atoms with van der Waals surface area (Å²) < 4.78 is 0. The lowest BCUT2D eigenvalue weighted by Gasteiger charge is -2.45. The average molecular weight is 425 g/mol. The second-order valence-electron chi connectivity index (χ2n) is 8.67. The first-order chi connectivity index (χ1) is 15.0. The minimum absolute atomic E-state index is 0.0663. The molecule has 1 amide bonds. The summed E-state index contributed by atoms with van der Waals surface area (Å²) in [6, 6.07) is 13.9. The van der Waals surface area contributed by atoms with Crippen LogP contribution < -0.4 is 5.56 Å². The summed E-state index contributed by atoms with van der Waals surface area (Å²) in [6.07, 6.45) is 1.18. The molecule has 2 atom stereocenters. The molecular formula is C24H32N4O3. The van der Waals surface area contributed by atoms with Crippen LogP contribution in [0.5, 0.6) is 0 Å². The van der Waals surface area contributed by atoms with Crippen LogP contribution in [0.3, 0.4) is 0 Å². The van der Waals surface area contributed by atoms with Gasteiger partial charge in [0.1, 0.15) is 5.56 Å². The van der Waals surface area contributed by atoms with Gasteiger partial charge in [0.25, 0.3) is 11.5 Å². The van der Waals surface area contributed by atoms with Crippen molar-refractivity contribution >= 4 is 5.91 Å². The third-order valence-corrected chi connectivity index (χ3v) is 6.55. The Morgan fingerprint density at radius 1 is 1.06 bits per heavy atom. The van der Waals surface area contributed by atoms with Gasteiger partial charge in [0.15, 0.2) is 0 Å². The minimum Gasteiger partial charge on any atom is -0.390 e. The number of carbonyl (C=O) groups excluding carboxylic acids is 1. The molecule has 2 saturated heterocycles. The van der Waals surface area contributed by atoms with Crippen LogP contribution in [0, 0.1) is 6.92 Å². The smallest absolute Gasteiger partial charge is 0.260 e. The summed E-state index contributed by atoms with van der Waals surface area (Å²) in [5, 5.41) is 10.8. The highest BCUT2D eigenvalue weighted by atomic mass is 16.3. The number of aromatic nitrogens is 1. The monoisotopic (exact) mass is 424 g/mol. The van der Waals surface area contributed by atoms with Gasteiger partial charge in [-0.3, -0.25) is 14.5 Å². The molecule has 0 saturated carbocycles. The number of aliphatic hydroxyl groups excluding tert-OH is 1. The number of β-amino-alcohol motifs (C(OH)–C–C–N with tert-alkyl or cyclic N) is 1. The first kappa shape index (κ1) is 21.7. The van der Waals surface area contributed by atoms with E-state index in [9.17, 15) is 14.7 Å². The van der Waals surface area contributed by atoms with Gasteiger partial charge in [-0.2, -0.15) is 0 Å². The van der Waals surface area contributed by atoms with E-state index in [4.69, 9.17) is 0 Å². The van der Waals surface area contributed by atoms with Crippen LogP contribution in [0.4, 0.5) is 0 Å². The van der Waals surface area contributed by atoms with E-state index in [1.165, 1.54) is 5.56 Å². The van der Waals surface area contributed by atoms with Crippen molar-refractivity contribution < 1.29 is 9.90 Å². The fourth-order valence-corrected chi connectivity index (χ4v) is 4.69. The number of hydrogen-bond acceptors (Lipinski definition) is 5. The van der Waals surface area contributed by atoms with Gasteiger partial charge in [0.05, 0.1) is 6.10 Å². The number of benzene rings is 1. The van der Waals surface area contributed by atoms with Crippen LogP contribution in [0.15, 0.2) is 47.3 Å². The Kier molecular flexibility index (Phi) is 6.85. The lowest BCUT2D eigenvalue weighted by molar-refractivity contribution is -0.0242. The number of pyridine rings is 1. The molecule has 31 heavy (non-hydrogen) atoms. The molecule has 0 unspecified atom stereocenters. The summed E-state index contributed by atoms with van der Waals surface area (Å²) in [5.41, 5.74) is 1.87. The van der Waals surface area contributed by atoms with E-state index in [2.05, 4.69) is 39.0 Å². The van der Waals surface area contributed by atoms with Gasteiger partial charge in [0.2, 0.25) is 0 Å². The number of rotatable bonds is 5. The number of hydrogen-bond donors (Lipinski definition) is 2. The Hall–Kier alpha value is -2.48. The predicted molar refractivity (Wildman–Crippen MR) is 120 cm³/mol. The molecule has 2 aliphatic rings. The fourth-order valence-electron chi connectivity index (χ4n) is 4.69. The van der Waals surface area contributed by atoms with Crippen molar-refractivity contribution in [2.75, 3.05) is 45.8 Å². The summed E-state index contributed by atoms with van der Waals surface area (Å²) in [7, 11) is 0. The molecular weight excluding hydrogens is 392 g/mol. The first-order valence-electron chi connectivity index (χ1n) is 11.2. The molecule has 7 heteroatoms. The number of aromatic amines is 1. The quantitative estimate of drug-likeness (QED) is 0.752. The van der Waals surface area contributed by atoms with Gasteiger partial charge in [-0.05, 0) is 37.5 Å². The lowest BCUT2D eigenvalue weighted by atomic mass is 9.98. The number of nitrogens with one attached hydrogen (secondary N) is 1. The van der Waals surface area contributed by atoms with Crippen molar-refractivity contribution in [1.29, 1.82) is 0 Å². The van der Waals surface area contributed by atoms with Crippen molar-refractivity contribution in [3.8, 4) is 0 Å². The number of amides is 1. The highest BCUT2D eigenvalue weighted by Gasteiger charge is 2.35. The number of piperidine rings is 1. The Labute approximate surface area is 183 Å². The third kappa shape index (κ3) is 5.23. The maximum atomic E-state index is 12.8. The van der Waals surface area contributed by atoms with Gasteiger partial charge in [-0.1, -0.05) is 30.3 Å². The molecule has 7 nitrogen and oxygen atoms in total. The summed E-state index contributed by atoms with van der Waals surface area (Å²) >= 11 is 0. The molecule has 3 heterocycles.